The van der Waals surface area contributed by atoms with Crippen molar-refractivity contribution in [2.24, 2.45) is 0 Å². The third-order valence-corrected chi connectivity index (χ3v) is 13.1. The van der Waals surface area contributed by atoms with Crippen molar-refractivity contribution < 1.29 is 9.16 Å². The molecule has 1 atom stereocenters. The van der Waals surface area contributed by atoms with E-state index in [4.69, 9.17) is 14.1 Å². The fourth-order valence-corrected chi connectivity index (χ4v) is 6.50. The summed E-state index contributed by atoms with van der Waals surface area (Å²) in [5.41, 5.74) is 5.55. The first-order chi connectivity index (χ1) is 17.5. The molecule has 5 nitrogen and oxygen atoms in total. The number of benzene rings is 2. The lowest BCUT2D eigenvalue weighted by Gasteiger charge is -2.36. The van der Waals surface area contributed by atoms with Gasteiger partial charge in [0, 0.05) is 31.0 Å². The minimum Gasteiger partial charge on any atom is -0.490 e. The maximum atomic E-state index is 9.61. The van der Waals surface area contributed by atoms with Crippen LogP contribution in [0, 0.1) is 11.3 Å². The van der Waals surface area contributed by atoms with Crippen LogP contribution in [0.15, 0.2) is 42.6 Å². The SMILES string of the molecule is CC(C)Oc1ccc(-c2ncc(-c3cccc4c3CC[C@@H]4NCCO[Si](C)(C)C(C)(C)C)s2)cc1C#N. The highest BCUT2D eigenvalue weighted by Crippen LogP contribution is 2.41. The average molecular weight is 534 g/mol. The van der Waals surface area contributed by atoms with Gasteiger partial charge < -0.3 is 14.5 Å². The Kier molecular flexibility index (Phi) is 8.25. The number of fused-ring (bicyclic) bond motifs is 1. The van der Waals surface area contributed by atoms with E-state index < -0.39 is 8.32 Å². The van der Waals surface area contributed by atoms with Gasteiger partial charge in [-0.2, -0.15) is 5.26 Å². The van der Waals surface area contributed by atoms with Crippen LogP contribution >= 0.6 is 11.3 Å². The Morgan fingerprint density at radius 2 is 2.00 bits per heavy atom. The van der Waals surface area contributed by atoms with E-state index in [1.165, 1.54) is 16.7 Å². The maximum absolute atomic E-state index is 9.61. The van der Waals surface area contributed by atoms with Crippen LogP contribution in [0.2, 0.25) is 18.1 Å². The molecular formula is C30H39N3O2SSi. The van der Waals surface area contributed by atoms with Crippen molar-refractivity contribution in [2.75, 3.05) is 13.2 Å². The molecule has 1 aliphatic rings. The number of aromatic nitrogens is 1. The van der Waals surface area contributed by atoms with E-state index in [-0.39, 0.29) is 11.1 Å². The molecule has 1 N–H and O–H groups in total. The number of nitrogens with one attached hydrogen (secondary N) is 1. The van der Waals surface area contributed by atoms with Gasteiger partial charge in [0.1, 0.15) is 16.8 Å². The van der Waals surface area contributed by atoms with Gasteiger partial charge >= 0.3 is 0 Å². The Hall–Kier alpha value is -2.50. The van der Waals surface area contributed by atoms with Crippen molar-refractivity contribution in [3.05, 3.63) is 59.3 Å². The minimum atomic E-state index is -1.72. The molecule has 0 radical (unpaired) electrons. The van der Waals surface area contributed by atoms with Gasteiger partial charge in [-0.15, -0.1) is 11.3 Å². The number of thiazole rings is 1. The van der Waals surface area contributed by atoms with Crippen LogP contribution in [-0.2, 0) is 10.8 Å². The maximum Gasteiger partial charge on any atom is 0.192 e. The number of nitriles is 1. The topological polar surface area (TPSA) is 67.2 Å². The van der Waals surface area contributed by atoms with Crippen LogP contribution in [0.5, 0.6) is 5.75 Å². The van der Waals surface area contributed by atoms with E-state index in [9.17, 15) is 5.26 Å². The van der Waals surface area contributed by atoms with E-state index in [1.807, 2.05) is 38.2 Å². The molecule has 0 spiro atoms. The van der Waals surface area contributed by atoms with Crippen molar-refractivity contribution >= 4 is 19.7 Å². The molecule has 0 unspecified atom stereocenters. The van der Waals surface area contributed by atoms with E-state index in [1.54, 1.807) is 11.3 Å². The van der Waals surface area contributed by atoms with Gasteiger partial charge in [0.2, 0.25) is 0 Å². The first-order valence-corrected chi connectivity index (χ1v) is 16.9. The molecule has 2 aromatic carbocycles. The standard InChI is InChI=1S/C30H39N3O2SSi/c1-20(2)35-27-14-11-21(17-22(27)18-31)29-33-19-28(36-29)25-10-8-9-24-23(25)12-13-26(24)32-15-16-34-37(6,7)30(3,4)5/h8-11,14,17,19-20,26,32H,12-13,15-16H2,1-7H3/t26-/m0/s1. The van der Waals surface area contributed by atoms with Crippen LogP contribution < -0.4 is 10.1 Å². The molecule has 0 saturated heterocycles. The van der Waals surface area contributed by atoms with Crippen molar-refractivity contribution in [2.45, 2.75) is 77.7 Å². The van der Waals surface area contributed by atoms with Gasteiger partial charge in [0.05, 0.1) is 16.5 Å². The lowest BCUT2D eigenvalue weighted by Crippen LogP contribution is -2.42. The Bertz CT molecular complexity index is 1290. The number of rotatable bonds is 9. The van der Waals surface area contributed by atoms with Crippen LogP contribution in [-0.4, -0.2) is 32.6 Å². The van der Waals surface area contributed by atoms with Gasteiger partial charge in [-0.05, 0) is 79.7 Å². The number of hydrogen-bond donors (Lipinski definition) is 1. The van der Waals surface area contributed by atoms with Crippen LogP contribution in [0.1, 0.15) is 63.8 Å². The zero-order valence-electron chi connectivity index (χ0n) is 23.1. The quantitative estimate of drug-likeness (QED) is 0.225. The predicted octanol–water partition coefficient (Wildman–Crippen LogP) is 7.73. The summed E-state index contributed by atoms with van der Waals surface area (Å²) in [7, 11) is -1.72. The normalized spacial score (nSPS) is 15.6. The molecule has 0 fully saturated rings. The van der Waals surface area contributed by atoms with Gasteiger partial charge in [-0.3, -0.25) is 0 Å². The van der Waals surface area contributed by atoms with Gasteiger partial charge in [-0.25, -0.2) is 4.98 Å². The van der Waals surface area contributed by atoms with Crippen molar-refractivity contribution in [1.82, 2.24) is 10.3 Å². The van der Waals surface area contributed by atoms with E-state index in [2.05, 4.69) is 63.5 Å². The molecular weight excluding hydrogens is 495 g/mol. The number of nitrogens with zero attached hydrogens (tertiary/aromatic N) is 2. The number of hydrogen-bond acceptors (Lipinski definition) is 6. The Morgan fingerprint density at radius 1 is 1.22 bits per heavy atom. The summed E-state index contributed by atoms with van der Waals surface area (Å²) in [5.74, 6) is 0.618. The fraction of sp³-hybridized carbons (Fsp3) is 0.467. The fourth-order valence-electron chi connectivity index (χ4n) is 4.49. The molecule has 0 bridgehead atoms. The summed E-state index contributed by atoms with van der Waals surface area (Å²) >= 11 is 1.67. The average Bonchev–Trinajstić information content (AvgIpc) is 3.49. The summed E-state index contributed by atoms with van der Waals surface area (Å²) in [6.07, 6.45) is 4.14. The molecule has 1 aromatic heterocycles. The zero-order valence-corrected chi connectivity index (χ0v) is 25.0. The van der Waals surface area contributed by atoms with Gasteiger partial charge in [-0.1, -0.05) is 39.0 Å². The minimum absolute atomic E-state index is 0.0209. The zero-order chi connectivity index (χ0) is 26.8. The first-order valence-electron chi connectivity index (χ1n) is 13.2. The second-order valence-electron chi connectivity index (χ2n) is 11.5. The molecule has 196 valence electrons. The highest BCUT2D eigenvalue weighted by atomic mass is 32.1. The summed E-state index contributed by atoms with van der Waals surface area (Å²) < 4.78 is 12.1. The second kappa shape index (κ2) is 11.1. The van der Waals surface area contributed by atoms with Crippen molar-refractivity contribution in [3.8, 4) is 32.8 Å². The molecule has 0 aliphatic heterocycles. The first kappa shape index (κ1) is 27.5. The monoisotopic (exact) mass is 533 g/mol. The van der Waals surface area contributed by atoms with E-state index in [0.29, 0.717) is 17.4 Å². The highest BCUT2D eigenvalue weighted by molar-refractivity contribution is 7.18. The van der Waals surface area contributed by atoms with Crippen LogP contribution in [0.3, 0.4) is 0 Å². The largest absolute Gasteiger partial charge is 0.490 e. The van der Waals surface area contributed by atoms with E-state index >= 15 is 0 Å². The number of ether oxygens (including phenoxy) is 1. The lowest BCUT2D eigenvalue weighted by atomic mass is 10.0. The van der Waals surface area contributed by atoms with Crippen LogP contribution in [0.25, 0.3) is 21.0 Å². The summed E-state index contributed by atoms with van der Waals surface area (Å²) in [4.78, 5) is 5.88. The summed E-state index contributed by atoms with van der Waals surface area (Å²) in [6.45, 7) is 17.0. The molecule has 7 heteroatoms. The Labute approximate surface area is 227 Å². The molecule has 0 amide bonds. The third-order valence-electron chi connectivity index (χ3n) is 7.51. The van der Waals surface area contributed by atoms with Crippen molar-refractivity contribution in [3.63, 3.8) is 0 Å². The molecule has 3 aromatic rings. The third kappa shape index (κ3) is 6.15. The Morgan fingerprint density at radius 3 is 2.70 bits per heavy atom. The molecule has 37 heavy (non-hydrogen) atoms. The predicted molar refractivity (Wildman–Crippen MR) is 156 cm³/mol. The lowest BCUT2D eigenvalue weighted by molar-refractivity contribution is 0.242. The van der Waals surface area contributed by atoms with Crippen LogP contribution in [0.4, 0.5) is 0 Å². The van der Waals surface area contributed by atoms with Gasteiger partial charge in [0.25, 0.3) is 0 Å². The molecule has 1 aliphatic carbocycles. The van der Waals surface area contributed by atoms with Gasteiger partial charge in [0.15, 0.2) is 8.32 Å². The highest BCUT2D eigenvalue weighted by Gasteiger charge is 2.37. The van der Waals surface area contributed by atoms with E-state index in [0.717, 1.165) is 41.4 Å². The second-order valence-corrected chi connectivity index (χ2v) is 17.4. The molecule has 4 rings (SSSR count). The molecule has 0 saturated carbocycles. The molecule has 1 heterocycles. The smallest absolute Gasteiger partial charge is 0.192 e. The summed E-state index contributed by atoms with van der Waals surface area (Å²) in [6, 6.07) is 15.0. The van der Waals surface area contributed by atoms with Crippen molar-refractivity contribution in [1.29, 1.82) is 5.26 Å². The Balaban J connectivity index is 1.47. The summed E-state index contributed by atoms with van der Waals surface area (Å²) in [5, 5.41) is 14.5.